The zero-order valence-corrected chi connectivity index (χ0v) is 16.3. The van der Waals surface area contributed by atoms with Crippen LogP contribution in [0.25, 0.3) is 10.8 Å². The van der Waals surface area contributed by atoms with Crippen molar-refractivity contribution in [2.75, 3.05) is 33.8 Å². The van der Waals surface area contributed by atoms with Crippen LogP contribution >= 0.6 is 0 Å². The number of hydrogen-bond acceptors (Lipinski definition) is 3. The highest BCUT2D eigenvalue weighted by atomic mass is 19.1. The van der Waals surface area contributed by atoms with Crippen molar-refractivity contribution in [3.05, 3.63) is 78.1 Å². The predicted octanol–water partition coefficient (Wildman–Crippen LogP) is 3.95. The van der Waals surface area contributed by atoms with Gasteiger partial charge in [0.25, 0.3) is 5.91 Å². The van der Waals surface area contributed by atoms with Gasteiger partial charge in [-0.15, -0.1) is 0 Å². The van der Waals surface area contributed by atoms with Crippen LogP contribution in [0.2, 0.25) is 0 Å². The predicted molar refractivity (Wildman–Crippen MR) is 110 cm³/mol. The molecule has 0 aromatic heterocycles. The maximum Gasteiger partial charge on any atom is 0.260 e. The number of halogens is 1. The molecule has 5 heteroatoms. The van der Waals surface area contributed by atoms with Crippen molar-refractivity contribution in [2.45, 2.75) is 6.54 Å². The molecule has 0 aliphatic carbocycles. The molecule has 0 fully saturated rings. The van der Waals surface area contributed by atoms with Crippen molar-refractivity contribution >= 4 is 16.7 Å². The molecule has 0 spiro atoms. The lowest BCUT2D eigenvalue weighted by atomic mass is 10.1. The van der Waals surface area contributed by atoms with Crippen molar-refractivity contribution in [1.29, 1.82) is 0 Å². The fraction of sp³-hybridized carbons (Fsp3) is 0.261. The minimum Gasteiger partial charge on any atom is -0.484 e. The highest BCUT2D eigenvalue weighted by Crippen LogP contribution is 2.20. The van der Waals surface area contributed by atoms with Gasteiger partial charge in [-0.05, 0) is 43.1 Å². The van der Waals surface area contributed by atoms with Gasteiger partial charge in [0.1, 0.15) is 11.6 Å². The fourth-order valence-electron chi connectivity index (χ4n) is 2.94. The van der Waals surface area contributed by atoms with E-state index < -0.39 is 0 Å². The Bertz CT molecular complexity index is 943. The molecule has 0 saturated heterocycles. The van der Waals surface area contributed by atoms with Gasteiger partial charge < -0.3 is 14.5 Å². The van der Waals surface area contributed by atoms with Gasteiger partial charge in [0, 0.05) is 25.2 Å². The number of ether oxygens (including phenoxy) is 1. The number of benzene rings is 3. The molecule has 0 unspecified atom stereocenters. The average Bonchev–Trinajstić information content (AvgIpc) is 2.70. The third-order valence-corrected chi connectivity index (χ3v) is 4.57. The number of likely N-dealkylation sites (N-methyl/N-ethyl adjacent to an activating group) is 1. The first kappa shape index (κ1) is 19.8. The summed E-state index contributed by atoms with van der Waals surface area (Å²) in [6.07, 6.45) is 0. The minimum atomic E-state index is -0.305. The second-order valence-electron chi connectivity index (χ2n) is 7.01. The molecule has 0 aliphatic heterocycles. The molecular formula is C23H25FN2O2. The maximum atomic E-state index is 14.0. The molecule has 0 saturated carbocycles. The van der Waals surface area contributed by atoms with E-state index in [-0.39, 0.29) is 24.9 Å². The van der Waals surface area contributed by atoms with Crippen molar-refractivity contribution < 1.29 is 13.9 Å². The molecule has 1 amide bonds. The summed E-state index contributed by atoms with van der Waals surface area (Å²) in [6.45, 7) is 1.33. The maximum absolute atomic E-state index is 14.0. The monoisotopic (exact) mass is 380 g/mol. The Morgan fingerprint density at radius 3 is 2.39 bits per heavy atom. The van der Waals surface area contributed by atoms with E-state index in [4.69, 9.17) is 4.74 Å². The van der Waals surface area contributed by atoms with Crippen LogP contribution in [0.4, 0.5) is 4.39 Å². The Morgan fingerprint density at radius 1 is 0.929 bits per heavy atom. The molecule has 3 aromatic carbocycles. The minimum absolute atomic E-state index is 0.0831. The molecule has 0 bridgehead atoms. The Hall–Kier alpha value is -2.92. The van der Waals surface area contributed by atoms with Gasteiger partial charge in [-0.25, -0.2) is 4.39 Å². The molecule has 0 radical (unpaired) electrons. The Labute approximate surface area is 165 Å². The fourth-order valence-corrected chi connectivity index (χ4v) is 2.94. The zero-order chi connectivity index (χ0) is 19.9. The van der Waals surface area contributed by atoms with Gasteiger partial charge in [-0.3, -0.25) is 4.79 Å². The van der Waals surface area contributed by atoms with Crippen molar-refractivity contribution in [3.63, 3.8) is 0 Å². The SMILES string of the molecule is CN(C)CCN(Cc1ccccc1F)C(=O)COc1ccc2ccccc2c1. The highest BCUT2D eigenvalue weighted by molar-refractivity contribution is 5.84. The van der Waals surface area contributed by atoms with Crippen LogP contribution in [0.15, 0.2) is 66.7 Å². The van der Waals surface area contributed by atoms with Gasteiger partial charge in [0.15, 0.2) is 6.61 Å². The second-order valence-corrected chi connectivity index (χ2v) is 7.01. The van der Waals surface area contributed by atoms with Gasteiger partial charge in [0.2, 0.25) is 0 Å². The van der Waals surface area contributed by atoms with E-state index >= 15 is 0 Å². The summed E-state index contributed by atoms with van der Waals surface area (Å²) in [5, 5.41) is 2.18. The van der Waals surface area contributed by atoms with Crippen LogP contribution < -0.4 is 4.74 Å². The van der Waals surface area contributed by atoms with E-state index in [1.165, 1.54) is 6.07 Å². The first-order chi connectivity index (χ1) is 13.5. The summed E-state index contributed by atoms with van der Waals surface area (Å²) in [7, 11) is 3.88. The number of fused-ring (bicyclic) bond motifs is 1. The number of carbonyl (C=O) groups excluding carboxylic acids is 1. The number of nitrogens with zero attached hydrogens (tertiary/aromatic N) is 2. The summed E-state index contributed by atoms with van der Waals surface area (Å²) in [4.78, 5) is 16.4. The van der Waals surface area contributed by atoms with E-state index in [1.807, 2.05) is 61.5 Å². The molecule has 0 N–H and O–H groups in total. The highest BCUT2D eigenvalue weighted by Gasteiger charge is 2.17. The largest absolute Gasteiger partial charge is 0.484 e. The Balaban J connectivity index is 1.67. The molecule has 0 aliphatic rings. The van der Waals surface area contributed by atoms with Crippen molar-refractivity contribution in [2.24, 2.45) is 0 Å². The molecule has 4 nitrogen and oxygen atoms in total. The second kappa shape index (κ2) is 9.33. The lowest BCUT2D eigenvalue weighted by Crippen LogP contribution is -2.39. The summed E-state index contributed by atoms with van der Waals surface area (Å²) < 4.78 is 19.8. The van der Waals surface area contributed by atoms with E-state index in [1.54, 1.807) is 23.1 Å². The van der Waals surface area contributed by atoms with E-state index in [2.05, 4.69) is 0 Å². The number of carbonyl (C=O) groups is 1. The standard InChI is InChI=1S/C23H25FN2O2/c1-25(2)13-14-26(16-20-9-5-6-10-22(20)24)23(27)17-28-21-12-11-18-7-3-4-8-19(18)15-21/h3-12,15H,13-14,16-17H2,1-2H3. The lowest BCUT2D eigenvalue weighted by molar-refractivity contribution is -0.134. The molecule has 146 valence electrons. The zero-order valence-electron chi connectivity index (χ0n) is 16.3. The normalized spacial score (nSPS) is 11.0. The van der Waals surface area contributed by atoms with Crippen LogP contribution in [0.5, 0.6) is 5.75 Å². The Morgan fingerprint density at radius 2 is 1.64 bits per heavy atom. The molecule has 28 heavy (non-hydrogen) atoms. The van der Waals surface area contributed by atoms with E-state index in [0.29, 0.717) is 24.4 Å². The molecule has 3 aromatic rings. The van der Waals surface area contributed by atoms with Crippen molar-refractivity contribution in [1.82, 2.24) is 9.80 Å². The summed E-state index contributed by atoms with van der Waals surface area (Å²) in [5.41, 5.74) is 0.500. The van der Waals surface area contributed by atoms with E-state index in [9.17, 15) is 9.18 Å². The van der Waals surface area contributed by atoms with Gasteiger partial charge in [-0.1, -0.05) is 48.5 Å². The topological polar surface area (TPSA) is 32.8 Å². The number of rotatable bonds is 8. The van der Waals surface area contributed by atoms with Crippen LogP contribution in [-0.2, 0) is 11.3 Å². The van der Waals surface area contributed by atoms with E-state index in [0.717, 1.165) is 10.8 Å². The third kappa shape index (κ3) is 5.30. The van der Waals surface area contributed by atoms with Crippen LogP contribution in [-0.4, -0.2) is 49.5 Å². The summed E-state index contributed by atoms with van der Waals surface area (Å²) >= 11 is 0. The van der Waals surface area contributed by atoms with Crippen LogP contribution in [0, 0.1) is 5.82 Å². The average molecular weight is 380 g/mol. The third-order valence-electron chi connectivity index (χ3n) is 4.57. The van der Waals surface area contributed by atoms with Gasteiger partial charge >= 0.3 is 0 Å². The molecule has 3 rings (SSSR count). The number of hydrogen-bond donors (Lipinski definition) is 0. The Kier molecular flexibility index (Phi) is 6.61. The van der Waals surface area contributed by atoms with Crippen LogP contribution in [0.3, 0.4) is 0 Å². The lowest BCUT2D eigenvalue weighted by Gasteiger charge is -2.25. The first-order valence-electron chi connectivity index (χ1n) is 9.30. The van der Waals surface area contributed by atoms with Crippen molar-refractivity contribution in [3.8, 4) is 5.75 Å². The van der Waals surface area contributed by atoms with Gasteiger partial charge in [0.05, 0.1) is 0 Å². The molecular weight excluding hydrogens is 355 g/mol. The quantitative estimate of drug-likeness (QED) is 0.593. The smallest absolute Gasteiger partial charge is 0.260 e. The molecule has 0 atom stereocenters. The molecule has 0 heterocycles. The van der Waals surface area contributed by atoms with Gasteiger partial charge in [-0.2, -0.15) is 0 Å². The summed E-state index contributed by atoms with van der Waals surface area (Å²) in [6, 6.07) is 20.3. The first-order valence-corrected chi connectivity index (χ1v) is 9.30. The van der Waals surface area contributed by atoms with Crippen LogP contribution in [0.1, 0.15) is 5.56 Å². The number of amides is 1. The summed E-state index contributed by atoms with van der Waals surface area (Å²) in [5.74, 6) is 0.171.